The summed E-state index contributed by atoms with van der Waals surface area (Å²) in [6.45, 7) is 10.3. The Labute approximate surface area is 436 Å². The van der Waals surface area contributed by atoms with E-state index in [2.05, 4.69) is 13.2 Å². The van der Waals surface area contributed by atoms with Gasteiger partial charge in [0.2, 0.25) is 0 Å². The highest BCUT2D eigenvalue weighted by atomic mass is 16.6. The minimum Gasteiger partial charge on any atom is -0.494 e. The third kappa shape index (κ3) is 20.5. The van der Waals surface area contributed by atoms with Crippen LogP contribution in [0.5, 0.6) is 34.5 Å². The summed E-state index contributed by atoms with van der Waals surface area (Å²) in [5.41, 5.74) is 0.722. The molecule has 75 heavy (non-hydrogen) atoms. The fourth-order valence-electron chi connectivity index (χ4n) is 7.02. The number of hydrogen-bond donors (Lipinski definition) is 0. The molecule has 16 nitrogen and oxygen atoms in total. The van der Waals surface area contributed by atoms with Crippen LogP contribution in [0.15, 0.2) is 141 Å². The van der Waals surface area contributed by atoms with E-state index in [4.69, 9.17) is 42.6 Å². The smallest absolute Gasteiger partial charge is 0.343 e. The number of benzene rings is 5. The summed E-state index contributed by atoms with van der Waals surface area (Å²) >= 11 is 0. The molecule has 394 valence electrons. The fraction of sp³-hybridized carbons (Fsp3) is 0.305. The number of rotatable bonds is 32. The van der Waals surface area contributed by atoms with E-state index in [1.165, 1.54) is 66.7 Å². The summed E-state index contributed by atoms with van der Waals surface area (Å²) in [4.78, 5) is 87.4. The van der Waals surface area contributed by atoms with Gasteiger partial charge in [-0.15, -0.1) is 0 Å². The summed E-state index contributed by atoms with van der Waals surface area (Å²) in [6, 6.07) is 28.2. The number of unbranched alkanes of at least 4 members (excludes halogenated alkanes) is 10. The lowest BCUT2D eigenvalue weighted by atomic mass is 10.1. The minimum atomic E-state index is -0.875. The summed E-state index contributed by atoms with van der Waals surface area (Å²) in [5.74, 6) is -3.37. The lowest BCUT2D eigenvalue weighted by molar-refractivity contribution is -0.138. The first-order valence-corrected chi connectivity index (χ1v) is 24.9. The van der Waals surface area contributed by atoms with Gasteiger partial charge in [0.1, 0.15) is 23.0 Å². The Morgan fingerprint density at radius 1 is 0.347 bits per heavy atom. The van der Waals surface area contributed by atoms with Crippen molar-refractivity contribution in [2.45, 2.75) is 84.0 Å². The first-order chi connectivity index (χ1) is 36.5. The van der Waals surface area contributed by atoms with Crippen molar-refractivity contribution in [3.63, 3.8) is 0 Å². The van der Waals surface area contributed by atoms with Crippen molar-refractivity contribution in [3.8, 4) is 34.5 Å². The van der Waals surface area contributed by atoms with Crippen molar-refractivity contribution < 1.29 is 76.2 Å². The van der Waals surface area contributed by atoms with Crippen LogP contribution in [0.1, 0.15) is 136 Å². The Morgan fingerprint density at radius 3 is 1.04 bits per heavy atom. The zero-order chi connectivity index (χ0) is 53.6. The Morgan fingerprint density at radius 2 is 0.667 bits per heavy atom. The molecule has 0 unspecified atom stereocenters. The molecule has 0 atom stereocenters. The highest BCUT2D eigenvalue weighted by molar-refractivity contribution is 5.96. The minimum absolute atomic E-state index is 0.0292. The molecule has 0 fully saturated rings. The molecule has 0 heterocycles. The predicted octanol–water partition coefficient (Wildman–Crippen LogP) is 11.6. The van der Waals surface area contributed by atoms with E-state index in [-0.39, 0.29) is 57.4 Å². The predicted molar refractivity (Wildman–Crippen MR) is 277 cm³/mol. The number of ether oxygens (including phenoxy) is 9. The second-order valence-electron chi connectivity index (χ2n) is 16.7. The summed E-state index contributed by atoms with van der Waals surface area (Å²) < 4.78 is 49.0. The normalized spacial score (nSPS) is 10.5. The molecule has 0 amide bonds. The Kier molecular flexibility index (Phi) is 24.3. The average Bonchev–Trinajstić information content (AvgIpc) is 3.42. The number of hydrogen-bond acceptors (Lipinski definition) is 16. The Bertz CT molecular complexity index is 2670. The fourth-order valence-corrected chi connectivity index (χ4v) is 7.02. The molecule has 0 aromatic heterocycles. The molecule has 0 saturated carbocycles. The molecule has 0 spiro atoms. The molecule has 0 aliphatic rings. The Balaban J connectivity index is 1.07. The summed E-state index contributed by atoms with van der Waals surface area (Å²) in [7, 11) is 0. The van der Waals surface area contributed by atoms with Crippen LogP contribution in [-0.2, 0) is 23.8 Å². The van der Waals surface area contributed by atoms with Gasteiger partial charge in [-0.05, 0) is 148 Å². The maximum atomic E-state index is 13.4. The molecular weight excluding hydrogens is 965 g/mol. The van der Waals surface area contributed by atoms with Gasteiger partial charge in [0.15, 0.2) is 11.5 Å². The van der Waals surface area contributed by atoms with Crippen LogP contribution in [0, 0.1) is 0 Å². The van der Waals surface area contributed by atoms with Gasteiger partial charge in [0.05, 0.1) is 60.9 Å². The van der Waals surface area contributed by atoms with E-state index in [1.54, 1.807) is 55.5 Å². The van der Waals surface area contributed by atoms with Crippen LogP contribution in [0.25, 0.3) is 0 Å². The van der Waals surface area contributed by atoms with Crippen LogP contribution in [0.3, 0.4) is 0 Å². The molecule has 5 aromatic carbocycles. The van der Waals surface area contributed by atoms with Crippen LogP contribution in [0.4, 0.5) is 0 Å². The van der Waals surface area contributed by atoms with E-state index in [0.29, 0.717) is 37.9 Å². The average molecular weight is 1030 g/mol. The quantitative estimate of drug-likeness (QED) is 0.0129. The first-order valence-electron chi connectivity index (χ1n) is 24.9. The molecule has 0 bridgehead atoms. The molecule has 5 rings (SSSR count). The molecule has 0 radical (unpaired) electrons. The van der Waals surface area contributed by atoms with Crippen molar-refractivity contribution in [1.29, 1.82) is 0 Å². The number of esters is 7. The van der Waals surface area contributed by atoms with Gasteiger partial charge in [-0.3, -0.25) is 0 Å². The third-order valence-corrected chi connectivity index (χ3v) is 11.1. The standard InChI is InChI=1S/C59H62O16/c1-4-53(60)70-39-17-13-9-7-11-15-37-68-47-28-19-42(20-29-47)56(63)72-49-32-23-44(24-33-49)58(65)74-51-36-27-46(55(62)67-6-3)41-52(51)75-59(66)45-25-34-50(35-26-45)73-57(64)43-21-30-48(31-22-43)69-38-16-12-8-10-14-18-40-71-54(61)5-2/h4-5,19-36,41H,1-2,6-18,37-40H2,3H3. The van der Waals surface area contributed by atoms with Gasteiger partial charge in [-0.1, -0.05) is 64.5 Å². The van der Waals surface area contributed by atoms with Crippen molar-refractivity contribution in [2.24, 2.45) is 0 Å². The third-order valence-electron chi connectivity index (χ3n) is 11.1. The lowest BCUT2D eigenvalue weighted by Gasteiger charge is -2.13. The van der Waals surface area contributed by atoms with E-state index >= 15 is 0 Å². The molecule has 0 N–H and O–H groups in total. The van der Waals surface area contributed by atoms with E-state index in [9.17, 15) is 33.6 Å². The largest absolute Gasteiger partial charge is 0.494 e. The molecular formula is C59H62O16. The van der Waals surface area contributed by atoms with Gasteiger partial charge in [-0.25, -0.2) is 33.6 Å². The molecule has 0 saturated heterocycles. The van der Waals surface area contributed by atoms with Gasteiger partial charge >= 0.3 is 41.8 Å². The molecule has 0 aliphatic heterocycles. The highest BCUT2D eigenvalue weighted by Gasteiger charge is 2.21. The van der Waals surface area contributed by atoms with Crippen LogP contribution in [-0.4, -0.2) is 74.8 Å². The maximum absolute atomic E-state index is 13.4. The van der Waals surface area contributed by atoms with Crippen molar-refractivity contribution in [2.75, 3.05) is 33.0 Å². The molecule has 5 aromatic rings. The van der Waals surface area contributed by atoms with Crippen LogP contribution >= 0.6 is 0 Å². The number of carbonyl (C=O) groups is 7. The zero-order valence-corrected chi connectivity index (χ0v) is 42.1. The van der Waals surface area contributed by atoms with Gasteiger partial charge in [-0.2, -0.15) is 0 Å². The van der Waals surface area contributed by atoms with Crippen molar-refractivity contribution >= 4 is 41.8 Å². The topological polar surface area (TPSA) is 203 Å². The van der Waals surface area contributed by atoms with Gasteiger partial charge in [0, 0.05) is 12.2 Å². The zero-order valence-electron chi connectivity index (χ0n) is 42.1. The van der Waals surface area contributed by atoms with E-state index < -0.39 is 41.8 Å². The number of carbonyl (C=O) groups excluding carboxylic acids is 7. The molecule has 0 aliphatic carbocycles. The maximum Gasteiger partial charge on any atom is 0.343 e. The molecule has 16 heteroatoms. The second kappa shape index (κ2) is 31.8. The van der Waals surface area contributed by atoms with E-state index in [1.807, 2.05) is 0 Å². The monoisotopic (exact) mass is 1030 g/mol. The van der Waals surface area contributed by atoms with Crippen molar-refractivity contribution in [1.82, 2.24) is 0 Å². The van der Waals surface area contributed by atoms with Crippen LogP contribution in [0.2, 0.25) is 0 Å². The first kappa shape index (κ1) is 57.4. The summed E-state index contributed by atoms with van der Waals surface area (Å²) in [5, 5.41) is 0. The van der Waals surface area contributed by atoms with Crippen molar-refractivity contribution in [3.05, 3.63) is 168 Å². The summed E-state index contributed by atoms with van der Waals surface area (Å²) in [6.07, 6.45) is 13.8. The Hall–Kier alpha value is -8.53. The van der Waals surface area contributed by atoms with Crippen LogP contribution < -0.4 is 28.4 Å². The van der Waals surface area contributed by atoms with E-state index in [0.717, 1.165) is 89.2 Å². The highest BCUT2D eigenvalue weighted by Crippen LogP contribution is 2.31. The lowest BCUT2D eigenvalue weighted by Crippen LogP contribution is -2.14. The van der Waals surface area contributed by atoms with Gasteiger partial charge in [0.25, 0.3) is 0 Å². The SMILES string of the molecule is C=CC(=O)OCCCCCCCCOc1ccc(C(=O)Oc2ccc(C(=O)Oc3ccc(C(=O)OCC)cc3OC(=O)c3ccc(OC(=O)c4ccc(OCCCCCCCCOC(=O)C=C)cc4)cc3)cc2)cc1. The van der Waals surface area contributed by atoms with Gasteiger partial charge < -0.3 is 42.6 Å². The second-order valence-corrected chi connectivity index (χ2v) is 16.7.